The number of hydrogen-bond acceptors (Lipinski definition) is 7. The second kappa shape index (κ2) is 8.70. The smallest absolute Gasteiger partial charge is 0.339 e. The maximum atomic E-state index is 12.6. The molecule has 1 aromatic carbocycles. The molecule has 170 valence electrons. The third-order valence-electron chi connectivity index (χ3n) is 5.30. The number of aryl methyl sites for hydroxylation is 1. The summed E-state index contributed by atoms with van der Waals surface area (Å²) < 4.78 is 5.22. The minimum atomic E-state index is -1.19. The molecule has 0 saturated carbocycles. The van der Waals surface area contributed by atoms with Crippen LogP contribution in [0.15, 0.2) is 18.2 Å². The Hall–Kier alpha value is -3.27. The van der Waals surface area contributed by atoms with Gasteiger partial charge in [0.2, 0.25) is 0 Å². The summed E-state index contributed by atoms with van der Waals surface area (Å²) in [5, 5.41) is 14.5. The Bertz CT molecular complexity index is 1120. The molecule has 1 aliphatic rings. The molecule has 3 N–H and O–H groups in total. The number of thiophene rings is 1. The molecule has 1 heterocycles. The molecule has 0 fully saturated rings. The van der Waals surface area contributed by atoms with Crippen molar-refractivity contribution < 1.29 is 24.0 Å². The van der Waals surface area contributed by atoms with E-state index in [4.69, 9.17) is 10.5 Å². The van der Waals surface area contributed by atoms with Crippen molar-refractivity contribution in [1.29, 1.82) is 0 Å². The standard InChI is InChI=1S/C22H25N3O6S/c1-11(19(27)24-20-17(18(23)26)13-6-5-7-16(13)32-20)31-21(28)12-8-9-14(22(2,3)4)15(10-12)25(29)30/h8-11H,5-7H2,1-4H3,(H2,23,26)(H,24,27). The molecule has 0 spiro atoms. The second-order valence-electron chi connectivity index (χ2n) is 8.70. The Morgan fingerprint density at radius 1 is 1.25 bits per heavy atom. The average molecular weight is 460 g/mol. The Morgan fingerprint density at radius 2 is 1.94 bits per heavy atom. The number of hydrogen-bond donors (Lipinski definition) is 2. The molecule has 32 heavy (non-hydrogen) atoms. The first kappa shape index (κ1) is 23.4. The molecule has 0 bridgehead atoms. The summed E-state index contributed by atoms with van der Waals surface area (Å²) in [6.45, 7) is 6.89. The monoisotopic (exact) mass is 459 g/mol. The van der Waals surface area contributed by atoms with E-state index in [9.17, 15) is 24.5 Å². The van der Waals surface area contributed by atoms with Gasteiger partial charge in [0.25, 0.3) is 17.5 Å². The third-order valence-corrected chi connectivity index (χ3v) is 6.50. The SMILES string of the molecule is CC(OC(=O)c1ccc(C(C)(C)C)c([N+](=O)[O-])c1)C(=O)Nc1sc2c(c1C(N)=O)CCC2. The highest BCUT2D eigenvalue weighted by Gasteiger charge is 2.29. The lowest BCUT2D eigenvalue weighted by Gasteiger charge is -2.19. The Balaban J connectivity index is 1.75. The zero-order chi connectivity index (χ0) is 23.8. The number of primary amides is 1. The largest absolute Gasteiger partial charge is 0.449 e. The minimum Gasteiger partial charge on any atom is -0.449 e. The van der Waals surface area contributed by atoms with Gasteiger partial charge in [-0.3, -0.25) is 19.7 Å². The van der Waals surface area contributed by atoms with Gasteiger partial charge in [-0.2, -0.15) is 0 Å². The van der Waals surface area contributed by atoms with Crippen LogP contribution < -0.4 is 11.1 Å². The topological polar surface area (TPSA) is 142 Å². The van der Waals surface area contributed by atoms with Crippen molar-refractivity contribution in [1.82, 2.24) is 0 Å². The molecule has 1 atom stereocenters. The lowest BCUT2D eigenvalue weighted by molar-refractivity contribution is -0.386. The van der Waals surface area contributed by atoms with Crippen molar-refractivity contribution >= 4 is 39.8 Å². The number of rotatable bonds is 6. The number of carbonyl (C=O) groups is 3. The number of ether oxygens (including phenoxy) is 1. The quantitative estimate of drug-likeness (QED) is 0.383. The summed E-state index contributed by atoms with van der Waals surface area (Å²) in [4.78, 5) is 49.0. The molecule has 1 unspecified atom stereocenters. The lowest BCUT2D eigenvalue weighted by atomic mass is 9.85. The summed E-state index contributed by atoms with van der Waals surface area (Å²) in [5.41, 5.74) is 6.45. The van der Waals surface area contributed by atoms with Crippen molar-refractivity contribution in [2.24, 2.45) is 5.73 Å². The van der Waals surface area contributed by atoms with E-state index in [1.165, 1.54) is 30.4 Å². The minimum absolute atomic E-state index is 0.0303. The van der Waals surface area contributed by atoms with E-state index < -0.39 is 34.2 Å². The van der Waals surface area contributed by atoms with Gasteiger partial charge in [0.05, 0.1) is 16.1 Å². The van der Waals surface area contributed by atoms with E-state index in [1.807, 2.05) is 20.8 Å². The predicted octanol–water partition coefficient (Wildman–Crippen LogP) is 3.73. The molecule has 1 aromatic heterocycles. The molecule has 1 aliphatic carbocycles. The number of fused-ring (bicyclic) bond motifs is 1. The Morgan fingerprint density at radius 3 is 2.53 bits per heavy atom. The molecular weight excluding hydrogens is 434 g/mol. The molecule has 2 aromatic rings. The number of amides is 2. The van der Waals surface area contributed by atoms with E-state index in [0.717, 1.165) is 35.8 Å². The van der Waals surface area contributed by atoms with Crippen LogP contribution in [0.25, 0.3) is 0 Å². The number of anilines is 1. The van der Waals surface area contributed by atoms with Crippen LogP contribution in [0.4, 0.5) is 10.7 Å². The maximum Gasteiger partial charge on any atom is 0.339 e. The molecule has 2 amide bonds. The molecule has 0 saturated heterocycles. The summed E-state index contributed by atoms with van der Waals surface area (Å²) >= 11 is 1.30. The first-order valence-corrected chi connectivity index (χ1v) is 11.0. The van der Waals surface area contributed by atoms with Gasteiger partial charge in [-0.15, -0.1) is 11.3 Å². The third kappa shape index (κ3) is 4.64. The molecule has 0 radical (unpaired) electrons. The number of nitro benzene ring substituents is 1. The highest BCUT2D eigenvalue weighted by atomic mass is 32.1. The zero-order valence-corrected chi connectivity index (χ0v) is 19.1. The van der Waals surface area contributed by atoms with Crippen molar-refractivity contribution in [2.45, 2.75) is 58.5 Å². The van der Waals surface area contributed by atoms with Crippen molar-refractivity contribution in [3.8, 4) is 0 Å². The molecular formula is C22H25N3O6S. The van der Waals surface area contributed by atoms with E-state index in [1.54, 1.807) is 0 Å². The number of benzene rings is 1. The van der Waals surface area contributed by atoms with Gasteiger partial charge in [-0.05, 0) is 43.2 Å². The summed E-state index contributed by atoms with van der Waals surface area (Å²) in [6, 6.07) is 4.11. The van der Waals surface area contributed by atoms with E-state index in [0.29, 0.717) is 16.1 Å². The van der Waals surface area contributed by atoms with Crippen molar-refractivity contribution in [3.05, 3.63) is 55.4 Å². The number of nitrogens with two attached hydrogens (primary N) is 1. The molecule has 3 rings (SSSR count). The fourth-order valence-corrected chi connectivity index (χ4v) is 4.99. The van der Waals surface area contributed by atoms with Gasteiger partial charge in [-0.1, -0.05) is 26.8 Å². The van der Waals surface area contributed by atoms with Crippen LogP contribution in [0.5, 0.6) is 0 Å². The van der Waals surface area contributed by atoms with Crippen molar-refractivity contribution in [3.63, 3.8) is 0 Å². The average Bonchev–Trinajstić information content (AvgIpc) is 3.26. The lowest BCUT2D eigenvalue weighted by Crippen LogP contribution is -2.30. The number of carbonyl (C=O) groups excluding carboxylic acids is 3. The summed E-state index contributed by atoms with van der Waals surface area (Å²) in [7, 11) is 0. The number of esters is 1. The van der Waals surface area contributed by atoms with Crippen LogP contribution in [0.3, 0.4) is 0 Å². The molecule has 0 aliphatic heterocycles. The highest BCUT2D eigenvalue weighted by molar-refractivity contribution is 7.17. The fraction of sp³-hybridized carbons (Fsp3) is 0.409. The highest BCUT2D eigenvalue weighted by Crippen LogP contribution is 2.39. The van der Waals surface area contributed by atoms with Gasteiger partial charge in [0, 0.05) is 16.5 Å². The van der Waals surface area contributed by atoms with Crippen LogP contribution >= 0.6 is 11.3 Å². The van der Waals surface area contributed by atoms with Crippen LogP contribution in [-0.4, -0.2) is 28.8 Å². The molecule has 9 nitrogen and oxygen atoms in total. The first-order chi connectivity index (χ1) is 14.9. The van der Waals surface area contributed by atoms with Gasteiger partial charge >= 0.3 is 5.97 Å². The van der Waals surface area contributed by atoms with E-state index in [-0.39, 0.29) is 11.3 Å². The van der Waals surface area contributed by atoms with Crippen LogP contribution in [0.2, 0.25) is 0 Å². The predicted molar refractivity (Wildman–Crippen MR) is 120 cm³/mol. The molecule has 10 heteroatoms. The normalized spacial score (nSPS) is 13.9. The van der Waals surface area contributed by atoms with Gasteiger partial charge < -0.3 is 15.8 Å². The van der Waals surface area contributed by atoms with Gasteiger partial charge in [-0.25, -0.2) is 4.79 Å². The van der Waals surface area contributed by atoms with Crippen LogP contribution in [0.1, 0.15) is 70.8 Å². The number of nitrogens with zero attached hydrogens (tertiary/aromatic N) is 1. The Labute approximate surface area is 189 Å². The van der Waals surface area contributed by atoms with Gasteiger partial charge in [0.15, 0.2) is 6.10 Å². The number of nitro groups is 1. The maximum absolute atomic E-state index is 12.6. The fourth-order valence-electron chi connectivity index (χ4n) is 3.69. The van der Waals surface area contributed by atoms with Gasteiger partial charge in [0.1, 0.15) is 5.00 Å². The zero-order valence-electron chi connectivity index (χ0n) is 18.3. The van der Waals surface area contributed by atoms with E-state index >= 15 is 0 Å². The van der Waals surface area contributed by atoms with Crippen LogP contribution in [-0.2, 0) is 27.8 Å². The summed E-state index contributed by atoms with van der Waals surface area (Å²) in [5.74, 6) is -2.10. The summed E-state index contributed by atoms with van der Waals surface area (Å²) in [6.07, 6.45) is 1.29. The van der Waals surface area contributed by atoms with E-state index in [2.05, 4.69) is 5.32 Å². The second-order valence-corrected chi connectivity index (χ2v) is 9.81. The number of nitrogens with one attached hydrogen (secondary N) is 1. The van der Waals surface area contributed by atoms with Crippen molar-refractivity contribution in [2.75, 3.05) is 5.32 Å². The Kier molecular flexibility index (Phi) is 6.36. The van der Waals surface area contributed by atoms with Crippen LogP contribution in [0, 0.1) is 10.1 Å². The first-order valence-electron chi connectivity index (χ1n) is 10.1.